The topological polar surface area (TPSA) is 50.7 Å². The summed E-state index contributed by atoms with van der Waals surface area (Å²) >= 11 is 0. The van der Waals surface area contributed by atoms with Crippen LogP contribution in [-0.2, 0) is 6.42 Å². The molecule has 0 heterocycles. The van der Waals surface area contributed by atoms with E-state index in [4.69, 9.17) is 14.6 Å². The van der Waals surface area contributed by atoms with E-state index in [0.29, 0.717) is 0 Å². The zero-order chi connectivity index (χ0) is 14.3. The minimum Gasteiger partial charge on any atom is -0.496 e. The minimum atomic E-state index is 0.230. The van der Waals surface area contributed by atoms with E-state index in [1.165, 1.54) is 0 Å². The SMILES string of the molecule is COc1cc(CCNCCCO)c(OC)c(C)c1C. The van der Waals surface area contributed by atoms with Crippen LogP contribution in [-0.4, -0.2) is 39.0 Å². The van der Waals surface area contributed by atoms with Crippen LogP contribution in [0.2, 0.25) is 0 Å². The maximum atomic E-state index is 8.72. The van der Waals surface area contributed by atoms with Gasteiger partial charge in [-0.25, -0.2) is 0 Å². The van der Waals surface area contributed by atoms with Gasteiger partial charge in [0.2, 0.25) is 0 Å². The first-order chi connectivity index (χ1) is 9.15. The van der Waals surface area contributed by atoms with Crippen molar-refractivity contribution in [1.82, 2.24) is 5.32 Å². The Kier molecular flexibility index (Phi) is 6.67. The highest BCUT2D eigenvalue weighted by molar-refractivity contribution is 5.52. The molecule has 0 spiro atoms. The van der Waals surface area contributed by atoms with Gasteiger partial charge in [-0.05, 0) is 62.5 Å². The van der Waals surface area contributed by atoms with E-state index in [1.807, 2.05) is 6.92 Å². The third-order valence-electron chi connectivity index (χ3n) is 3.38. The number of ether oxygens (including phenoxy) is 2. The van der Waals surface area contributed by atoms with Gasteiger partial charge >= 0.3 is 0 Å². The fourth-order valence-corrected chi connectivity index (χ4v) is 2.16. The summed E-state index contributed by atoms with van der Waals surface area (Å²) in [5.74, 6) is 1.85. The van der Waals surface area contributed by atoms with Crippen molar-refractivity contribution in [1.29, 1.82) is 0 Å². The number of aliphatic hydroxyl groups is 1. The van der Waals surface area contributed by atoms with Crippen molar-refractivity contribution in [3.05, 3.63) is 22.8 Å². The van der Waals surface area contributed by atoms with E-state index in [2.05, 4.69) is 18.3 Å². The summed E-state index contributed by atoms with van der Waals surface area (Å²) in [7, 11) is 3.40. The third kappa shape index (κ3) is 4.11. The van der Waals surface area contributed by atoms with Crippen molar-refractivity contribution in [3.8, 4) is 11.5 Å². The molecule has 1 aromatic carbocycles. The number of aliphatic hydroxyl groups excluding tert-OH is 1. The standard InChI is InChI=1S/C15H25NO3/c1-11-12(2)15(19-4)13(10-14(11)18-3)6-8-16-7-5-9-17/h10,16-17H,5-9H2,1-4H3. The highest BCUT2D eigenvalue weighted by Crippen LogP contribution is 2.33. The first-order valence-corrected chi connectivity index (χ1v) is 6.68. The normalized spacial score (nSPS) is 10.6. The number of nitrogens with one attached hydrogen (secondary N) is 1. The van der Waals surface area contributed by atoms with Crippen molar-refractivity contribution < 1.29 is 14.6 Å². The van der Waals surface area contributed by atoms with Crippen LogP contribution in [0.5, 0.6) is 11.5 Å². The van der Waals surface area contributed by atoms with E-state index < -0.39 is 0 Å². The summed E-state index contributed by atoms with van der Waals surface area (Å²) in [6.45, 7) is 6.02. The molecule has 19 heavy (non-hydrogen) atoms. The van der Waals surface area contributed by atoms with E-state index in [9.17, 15) is 0 Å². The van der Waals surface area contributed by atoms with Crippen molar-refractivity contribution in [3.63, 3.8) is 0 Å². The van der Waals surface area contributed by atoms with Gasteiger partial charge in [-0.2, -0.15) is 0 Å². The van der Waals surface area contributed by atoms with Crippen LogP contribution in [0.1, 0.15) is 23.1 Å². The molecule has 0 unspecified atom stereocenters. The van der Waals surface area contributed by atoms with Crippen molar-refractivity contribution >= 4 is 0 Å². The number of hydrogen-bond donors (Lipinski definition) is 2. The molecule has 0 saturated heterocycles. The largest absolute Gasteiger partial charge is 0.496 e. The second kappa shape index (κ2) is 8.02. The summed E-state index contributed by atoms with van der Waals surface area (Å²) in [4.78, 5) is 0. The number of methoxy groups -OCH3 is 2. The quantitative estimate of drug-likeness (QED) is 0.706. The first kappa shape index (κ1) is 15.8. The van der Waals surface area contributed by atoms with Crippen LogP contribution < -0.4 is 14.8 Å². The summed E-state index contributed by atoms with van der Waals surface area (Å²) < 4.78 is 10.9. The Balaban J connectivity index is 2.78. The Labute approximate surface area is 115 Å². The van der Waals surface area contributed by atoms with Crippen LogP contribution in [0.4, 0.5) is 0 Å². The van der Waals surface area contributed by atoms with Crippen LogP contribution in [0, 0.1) is 13.8 Å². The zero-order valence-corrected chi connectivity index (χ0v) is 12.4. The van der Waals surface area contributed by atoms with Gasteiger partial charge in [0.25, 0.3) is 0 Å². The van der Waals surface area contributed by atoms with Gasteiger partial charge in [-0.15, -0.1) is 0 Å². The molecule has 0 radical (unpaired) electrons. The fourth-order valence-electron chi connectivity index (χ4n) is 2.16. The molecule has 108 valence electrons. The molecule has 0 aliphatic carbocycles. The smallest absolute Gasteiger partial charge is 0.125 e. The molecular weight excluding hydrogens is 242 g/mol. The molecule has 0 aromatic heterocycles. The Hall–Kier alpha value is -1.26. The monoisotopic (exact) mass is 267 g/mol. The molecule has 0 fully saturated rings. The molecule has 0 atom stereocenters. The molecule has 0 aliphatic heterocycles. The molecule has 0 amide bonds. The van der Waals surface area contributed by atoms with Crippen LogP contribution >= 0.6 is 0 Å². The Morgan fingerprint density at radius 1 is 1.11 bits per heavy atom. The van der Waals surface area contributed by atoms with Crippen molar-refractivity contribution in [2.24, 2.45) is 0 Å². The molecule has 0 saturated carbocycles. The van der Waals surface area contributed by atoms with Crippen molar-refractivity contribution in [2.45, 2.75) is 26.7 Å². The van der Waals surface area contributed by atoms with Crippen molar-refractivity contribution in [2.75, 3.05) is 33.9 Å². The number of rotatable bonds is 8. The average molecular weight is 267 g/mol. The molecule has 0 aliphatic rings. The fraction of sp³-hybridized carbons (Fsp3) is 0.600. The highest BCUT2D eigenvalue weighted by atomic mass is 16.5. The van der Waals surface area contributed by atoms with Gasteiger partial charge in [0.1, 0.15) is 11.5 Å². The van der Waals surface area contributed by atoms with Gasteiger partial charge in [0.15, 0.2) is 0 Å². The molecule has 0 bridgehead atoms. The number of hydrogen-bond acceptors (Lipinski definition) is 4. The predicted molar refractivity (Wildman–Crippen MR) is 77.3 cm³/mol. The van der Waals surface area contributed by atoms with Gasteiger partial charge in [0.05, 0.1) is 14.2 Å². The first-order valence-electron chi connectivity index (χ1n) is 6.68. The molecule has 4 heteroatoms. The molecular formula is C15H25NO3. The van der Waals surface area contributed by atoms with Crippen LogP contribution in [0.15, 0.2) is 6.07 Å². The van der Waals surface area contributed by atoms with Crippen LogP contribution in [0.25, 0.3) is 0 Å². The van der Waals surface area contributed by atoms with Gasteiger partial charge in [-0.1, -0.05) is 0 Å². The lowest BCUT2D eigenvalue weighted by Gasteiger charge is -2.17. The minimum absolute atomic E-state index is 0.230. The summed E-state index contributed by atoms with van der Waals surface area (Å²) in [6.07, 6.45) is 1.67. The molecule has 1 aromatic rings. The third-order valence-corrected chi connectivity index (χ3v) is 3.38. The second-order valence-electron chi connectivity index (χ2n) is 4.60. The Morgan fingerprint density at radius 2 is 1.84 bits per heavy atom. The highest BCUT2D eigenvalue weighted by Gasteiger charge is 2.13. The second-order valence-corrected chi connectivity index (χ2v) is 4.60. The summed E-state index contributed by atoms with van der Waals surface area (Å²) in [5, 5.41) is 12.0. The molecule has 4 nitrogen and oxygen atoms in total. The lowest BCUT2D eigenvalue weighted by atomic mass is 10.0. The van der Waals surface area contributed by atoms with E-state index in [0.717, 1.165) is 54.1 Å². The predicted octanol–water partition coefficient (Wildman–Crippen LogP) is 1.84. The van der Waals surface area contributed by atoms with Crippen LogP contribution in [0.3, 0.4) is 0 Å². The zero-order valence-electron chi connectivity index (χ0n) is 12.4. The average Bonchev–Trinajstić information content (AvgIpc) is 2.42. The van der Waals surface area contributed by atoms with E-state index >= 15 is 0 Å². The summed E-state index contributed by atoms with van der Waals surface area (Å²) in [6, 6.07) is 2.05. The lowest BCUT2D eigenvalue weighted by Crippen LogP contribution is -2.19. The maximum absolute atomic E-state index is 8.72. The van der Waals surface area contributed by atoms with E-state index in [1.54, 1.807) is 14.2 Å². The molecule has 1 rings (SSSR count). The van der Waals surface area contributed by atoms with Gasteiger partial charge in [0, 0.05) is 6.61 Å². The lowest BCUT2D eigenvalue weighted by molar-refractivity contribution is 0.286. The maximum Gasteiger partial charge on any atom is 0.125 e. The Morgan fingerprint density at radius 3 is 2.42 bits per heavy atom. The van der Waals surface area contributed by atoms with Gasteiger partial charge < -0.3 is 19.9 Å². The number of benzene rings is 1. The molecule has 2 N–H and O–H groups in total. The summed E-state index contributed by atoms with van der Waals surface area (Å²) in [5.41, 5.74) is 3.41. The van der Waals surface area contributed by atoms with Gasteiger partial charge in [-0.3, -0.25) is 0 Å². The van der Waals surface area contributed by atoms with E-state index in [-0.39, 0.29) is 6.61 Å². The Bertz CT molecular complexity index is 405.